The second kappa shape index (κ2) is 7.71. The molecule has 0 bridgehead atoms. The van der Waals surface area contributed by atoms with Crippen molar-refractivity contribution in [3.8, 4) is 11.3 Å². The number of halogens is 3. The van der Waals surface area contributed by atoms with Crippen LogP contribution in [-0.2, 0) is 6.18 Å². The Bertz CT molecular complexity index is 950. The van der Waals surface area contributed by atoms with Crippen LogP contribution in [0.1, 0.15) is 18.5 Å². The number of nitrogens with zero attached hydrogens (tertiary/aromatic N) is 3. The Labute approximate surface area is 160 Å². The molecule has 0 radical (unpaired) electrons. The molecule has 0 unspecified atom stereocenters. The summed E-state index contributed by atoms with van der Waals surface area (Å²) in [6, 6.07) is 7.82. The van der Waals surface area contributed by atoms with Crippen molar-refractivity contribution in [3.63, 3.8) is 0 Å². The van der Waals surface area contributed by atoms with Crippen LogP contribution in [0.15, 0.2) is 42.7 Å². The first kappa shape index (κ1) is 18.6. The Kier molecular flexibility index (Phi) is 5.13. The van der Waals surface area contributed by atoms with E-state index < -0.39 is 11.9 Å². The van der Waals surface area contributed by atoms with Crippen LogP contribution < -0.4 is 10.6 Å². The van der Waals surface area contributed by atoms with Crippen molar-refractivity contribution >= 4 is 16.7 Å². The van der Waals surface area contributed by atoms with Gasteiger partial charge in [0.1, 0.15) is 11.2 Å². The van der Waals surface area contributed by atoms with Gasteiger partial charge < -0.3 is 10.6 Å². The van der Waals surface area contributed by atoms with Crippen molar-refractivity contribution in [1.82, 2.24) is 20.3 Å². The highest BCUT2D eigenvalue weighted by Crippen LogP contribution is 2.29. The number of nitrogens with one attached hydrogen (secondary N) is 2. The monoisotopic (exact) mass is 387 g/mol. The average molecular weight is 387 g/mol. The van der Waals surface area contributed by atoms with E-state index in [-0.39, 0.29) is 0 Å². The lowest BCUT2D eigenvalue weighted by Crippen LogP contribution is -2.31. The summed E-state index contributed by atoms with van der Waals surface area (Å²) in [5, 5.41) is 6.83. The van der Waals surface area contributed by atoms with E-state index in [1.807, 2.05) is 12.1 Å². The van der Waals surface area contributed by atoms with Gasteiger partial charge in [0.05, 0.1) is 16.9 Å². The van der Waals surface area contributed by atoms with Crippen LogP contribution in [0.3, 0.4) is 0 Å². The lowest BCUT2D eigenvalue weighted by atomic mass is 9.98. The summed E-state index contributed by atoms with van der Waals surface area (Å²) in [5.41, 5.74) is 2.50. The van der Waals surface area contributed by atoms with E-state index in [9.17, 15) is 13.2 Å². The van der Waals surface area contributed by atoms with Gasteiger partial charge in [0.25, 0.3) is 0 Å². The molecule has 0 aromatic carbocycles. The average Bonchev–Trinajstić information content (AvgIpc) is 2.72. The molecule has 0 atom stereocenters. The highest BCUT2D eigenvalue weighted by molar-refractivity contribution is 5.89. The largest absolute Gasteiger partial charge is 0.433 e. The second-order valence-corrected chi connectivity index (χ2v) is 6.93. The molecule has 3 aromatic rings. The van der Waals surface area contributed by atoms with E-state index in [0.717, 1.165) is 49.7 Å². The minimum absolute atomic E-state index is 0.531. The molecule has 146 valence electrons. The summed E-state index contributed by atoms with van der Waals surface area (Å²) in [4.78, 5) is 12.5. The number of alkyl halides is 3. The van der Waals surface area contributed by atoms with Crippen LogP contribution in [0.25, 0.3) is 22.3 Å². The summed E-state index contributed by atoms with van der Waals surface area (Å²) in [6.45, 7) is 2.92. The molecular formula is C20H20F3N5. The van der Waals surface area contributed by atoms with Crippen molar-refractivity contribution in [2.24, 2.45) is 5.92 Å². The van der Waals surface area contributed by atoms with Gasteiger partial charge in [-0.25, -0.2) is 4.98 Å². The third-order valence-corrected chi connectivity index (χ3v) is 4.97. The van der Waals surface area contributed by atoms with E-state index >= 15 is 0 Å². The number of hydrogen-bond acceptors (Lipinski definition) is 5. The van der Waals surface area contributed by atoms with Gasteiger partial charge in [-0.15, -0.1) is 0 Å². The molecule has 1 fully saturated rings. The maximum atomic E-state index is 12.7. The Morgan fingerprint density at radius 1 is 1.04 bits per heavy atom. The predicted molar refractivity (Wildman–Crippen MR) is 102 cm³/mol. The smallest absolute Gasteiger partial charge is 0.383 e. The van der Waals surface area contributed by atoms with Crippen molar-refractivity contribution in [2.45, 2.75) is 19.0 Å². The summed E-state index contributed by atoms with van der Waals surface area (Å²) >= 11 is 0. The first-order valence-electron chi connectivity index (χ1n) is 9.25. The van der Waals surface area contributed by atoms with Gasteiger partial charge in [-0.1, -0.05) is 0 Å². The van der Waals surface area contributed by atoms with Crippen molar-refractivity contribution in [3.05, 3.63) is 48.4 Å². The molecular weight excluding hydrogens is 367 g/mol. The van der Waals surface area contributed by atoms with Crippen LogP contribution in [-0.4, -0.2) is 34.6 Å². The summed E-state index contributed by atoms with van der Waals surface area (Å²) in [7, 11) is 0. The van der Waals surface area contributed by atoms with Crippen molar-refractivity contribution in [1.29, 1.82) is 0 Å². The molecule has 5 nitrogen and oxygen atoms in total. The minimum Gasteiger partial charge on any atom is -0.383 e. The zero-order valence-electron chi connectivity index (χ0n) is 15.1. The molecule has 4 rings (SSSR count). The Balaban J connectivity index is 1.60. The predicted octanol–water partition coefficient (Wildman–Crippen LogP) is 4.12. The minimum atomic E-state index is -4.45. The van der Waals surface area contributed by atoms with Crippen LogP contribution in [0.4, 0.5) is 18.9 Å². The Morgan fingerprint density at radius 2 is 1.86 bits per heavy atom. The van der Waals surface area contributed by atoms with E-state index in [1.165, 1.54) is 12.3 Å². The molecule has 1 aliphatic heterocycles. The first-order chi connectivity index (χ1) is 13.5. The van der Waals surface area contributed by atoms with Crippen LogP contribution in [0.5, 0.6) is 0 Å². The van der Waals surface area contributed by atoms with Gasteiger partial charge in [-0.2, -0.15) is 13.2 Å². The molecule has 1 saturated heterocycles. The Morgan fingerprint density at radius 3 is 2.57 bits per heavy atom. The van der Waals surface area contributed by atoms with Gasteiger partial charge in [0.2, 0.25) is 0 Å². The first-order valence-corrected chi connectivity index (χ1v) is 9.25. The fraction of sp³-hybridized carbons (Fsp3) is 0.350. The SMILES string of the molecule is FC(F)(F)c1ccc(-c2ccc3nccc(NCC4CCNCC4)c3n2)cn1. The van der Waals surface area contributed by atoms with Crippen LogP contribution in [0, 0.1) is 5.92 Å². The third-order valence-electron chi connectivity index (χ3n) is 4.97. The normalized spacial score (nSPS) is 15.7. The maximum absolute atomic E-state index is 12.7. The summed E-state index contributed by atoms with van der Waals surface area (Å²) in [5.74, 6) is 0.603. The lowest BCUT2D eigenvalue weighted by molar-refractivity contribution is -0.141. The van der Waals surface area contributed by atoms with E-state index in [0.29, 0.717) is 22.7 Å². The number of anilines is 1. The van der Waals surface area contributed by atoms with Gasteiger partial charge in [0.15, 0.2) is 0 Å². The van der Waals surface area contributed by atoms with Gasteiger partial charge in [0, 0.05) is 24.5 Å². The van der Waals surface area contributed by atoms with Gasteiger partial charge in [-0.05, 0) is 62.2 Å². The molecule has 0 aliphatic carbocycles. The molecule has 3 aromatic heterocycles. The highest BCUT2D eigenvalue weighted by atomic mass is 19.4. The fourth-order valence-corrected chi connectivity index (χ4v) is 3.38. The third kappa shape index (κ3) is 4.06. The number of aromatic nitrogens is 3. The quantitative estimate of drug-likeness (QED) is 0.705. The molecule has 2 N–H and O–H groups in total. The molecule has 1 aliphatic rings. The number of piperidine rings is 1. The topological polar surface area (TPSA) is 62.7 Å². The second-order valence-electron chi connectivity index (χ2n) is 6.93. The molecule has 0 saturated carbocycles. The lowest BCUT2D eigenvalue weighted by Gasteiger charge is -2.23. The number of rotatable bonds is 4. The van der Waals surface area contributed by atoms with Crippen molar-refractivity contribution < 1.29 is 13.2 Å². The van der Waals surface area contributed by atoms with E-state index in [4.69, 9.17) is 0 Å². The summed E-state index contributed by atoms with van der Waals surface area (Å²) in [6.07, 6.45) is 0.743. The van der Waals surface area contributed by atoms with E-state index in [2.05, 4.69) is 25.6 Å². The molecule has 0 spiro atoms. The van der Waals surface area contributed by atoms with Gasteiger partial charge >= 0.3 is 6.18 Å². The number of pyridine rings is 3. The fourth-order valence-electron chi connectivity index (χ4n) is 3.38. The molecule has 28 heavy (non-hydrogen) atoms. The standard InChI is InChI=1S/C20H20F3N5/c21-20(22,23)18-4-1-14(12-27-18)15-2-3-16-19(28-15)17(7-10-25-16)26-11-13-5-8-24-9-6-13/h1-4,7,10,12-13,24H,5-6,8-9,11H2,(H,25,26). The highest BCUT2D eigenvalue weighted by Gasteiger charge is 2.32. The van der Waals surface area contributed by atoms with Crippen LogP contribution in [0.2, 0.25) is 0 Å². The molecule has 8 heteroatoms. The van der Waals surface area contributed by atoms with E-state index in [1.54, 1.807) is 12.3 Å². The van der Waals surface area contributed by atoms with Crippen molar-refractivity contribution in [2.75, 3.05) is 25.0 Å². The zero-order valence-corrected chi connectivity index (χ0v) is 15.1. The zero-order chi connectivity index (χ0) is 19.6. The molecule has 4 heterocycles. The summed E-state index contributed by atoms with van der Waals surface area (Å²) < 4.78 is 38.2. The number of hydrogen-bond donors (Lipinski definition) is 2. The molecule has 0 amide bonds. The van der Waals surface area contributed by atoms with Gasteiger partial charge in [-0.3, -0.25) is 9.97 Å². The number of fused-ring (bicyclic) bond motifs is 1. The Hall–Kier alpha value is -2.74. The van der Waals surface area contributed by atoms with Crippen LogP contribution >= 0.6 is 0 Å². The maximum Gasteiger partial charge on any atom is 0.433 e.